The predicted octanol–water partition coefficient (Wildman–Crippen LogP) is 1.48. The maximum atomic E-state index is 12.7. The molecule has 2 amide bonds. The molecule has 104 valence electrons. The van der Waals surface area contributed by atoms with E-state index in [1.807, 2.05) is 0 Å². The number of rotatable bonds is 6. The highest BCUT2D eigenvalue weighted by atomic mass is 19.1. The van der Waals surface area contributed by atoms with Crippen molar-refractivity contribution in [2.75, 3.05) is 19.6 Å². The van der Waals surface area contributed by atoms with E-state index < -0.39 is 12.0 Å². The van der Waals surface area contributed by atoms with E-state index in [4.69, 9.17) is 5.11 Å². The molecule has 0 saturated heterocycles. The zero-order chi connectivity index (χ0) is 14.3. The first-order chi connectivity index (χ1) is 9.02. The second kappa shape index (κ2) is 7.35. The normalized spacial score (nSPS) is 10.0. The van der Waals surface area contributed by atoms with Crippen LogP contribution in [0.2, 0.25) is 0 Å². The molecule has 5 nitrogen and oxygen atoms in total. The number of carboxylic acid groups (broad SMARTS) is 1. The van der Waals surface area contributed by atoms with Crippen molar-refractivity contribution in [2.24, 2.45) is 0 Å². The summed E-state index contributed by atoms with van der Waals surface area (Å²) in [7, 11) is 0. The number of carbonyl (C=O) groups is 2. The van der Waals surface area contributed by atoms with Gasteiger partial charge in [-0.05, 0) is 31.0 Å². The highest BCUT2D eigenvalue weighted by Gasteiger charge is 2.13. The van der Waals surface area contributed by atoms with Crippen LogP contribution in [0.25, 0.3) is 0 Å². The van der Waals surface area contributed by atoms with Gasteiger partial charge in [-0.25, -0.2) is 9.18 Å². The van der Waals surface area contributed by atoms with Gasteiger partial charge in [0.05, 0.1) is 0 Å². The van der Waals surface area contributed by atoms with E-state index in [0.29, 0.717) is 19.5 Å². The van der Waals surface area contributed by atoms with Crippen LogP contribution in [-0.2, 0) is 11.2 Å². The van der Waals surface area contributed by atoms with Crippen LogP contribution in [0.5, 0.6) is 0 Å². The van der Waals surface area contributed by atoms with Gasteiger partial charge in [-0.15, -0.1) is 0 Å². The number of hydrogen-bond donors (Lipinski definition) is 2. The first-order valence-electron chi connectivity index (χ1n) is 6.02. The standard InChI is InChI=1S/C13H17FN2O3/c1-2-16(9-12(17)18)13(19)15-8-7-10-3-5-11(14)6-4-10/h3-6H,2,7-9H2,1H3,(H,15,19)(H,17,18). The first kappa shape index (κ1) is 14.9. The molecule has 0 radical (unpaired) electrons. The van der Waals surface area contributed by atoms with Crippen LogP contribution < -0.4 is 5.32 Å². The second-order valence-corrected chi connectivity index (χ2v) is 4.02. The summed E-state index contributed by atoms with van der Waals surface area (Å²) in [5, 5.41) is 11.3. The van der Waals surface area contributed by atoms with Crippen molar-refractivity contribution in [1.29, 1.82) is 0 Å². The molecular formula is C13H17FN2O3. The molecule has 0 unspecified atom stereocenters. The van der Waals surface area contributed by atoms with Crippen LogP contribution in [-0.4, -0.2) is 41.6 Å². The van der Waals surface area contributed by atoms with Crippen molar-refractivity contribution in [1.82, 2.24) is 10.2 Å². The molecule has 0 saturated carbocycles. The lowest BCUT2D eigenvalue weighted by molar-refractivity contribution is -0.137. The molecule has 0 fully saturated rings. The monoisotopic (exact) mass is 268 g/mol. The molecule has 0 heterocycles. The summed E-state index contributed by atoms with van der Waals surface area (Å²) in [5.74, 6) is -1.35. The van der Waals surface area contributed by atoms with Crippen LogP contribution >= 0.6 is 0 Å². The van der Waals surface area contributed by atoms with Gasteiger partial charge in [-0.1, -0.05) is 12.1 Å². The molecule has 1 aromatic carbocycles. The zero-order valence-corrected chi connectivity index (χ0v) is 10.7. The van der Waals surface area contributed by atoms with Crippen LogP contribution in [0, 0.1) is 5.82 Å². The van der Waals surface area contributed by atoms with E-state index in [0.717, 1.165) is 5.56 Å². The molecule has 1 aromatic rings. The number of urea groups is 1. The minimum Gasteiger partial charge on any atom is -0.480 e. The molecule has 0 aliphatic carbocycles. The lowest BCUT2D eigenvalue weighted by Gasteiger charge is -2.19. The van der Waals surface area contributed by atoms with Gasteiger partial charge in [0, 0.05) is 13.1 Å². The fraction of sp³-hybridized carbons (Fsp3) is 0.385. The Kier molecular flexibility index (Phi) is 5.78. The van der Waals surface area contributed by atoms with E-state index >= 15 is 0 Å². The fourth-order valence-corrected chi connectivity index (χ4v) is 1.57. The molecule has 0 aliphatic rings. The van der Waals surface area contributed by atoms with Crippen LogP contribution in [0.3, 0.4) is 0 Å². The highest BCUT2D eigenvalue weighted by Crippen LogP contribution is 2.02. The van der Waals surface area contributed by atoms with E-state index in [9.17, 15) is 14.0 Å². The Morgan fingerprint density at radius 2 is 1.95 bits per heavy atom. The van der Waals surface area contributed by atoms with Gasteiger partial charge < -0.3 is 15.3 Å². The Labute approximate surface area is 111 Å². The molecule has 19 heavy (non-hydrogen) atoms. The summed E-state index contributed by atoms with van der Waals surface area (Å²) in [6.07, 6.45) is 0.566. The maximum absolute atomic E-state index is 12.7. The largest absolute Gasteiger partial charge is 0.480 e. The summed E-state index contributed by atoms with van der Waals surface area (Å²) in [4.78, 5) is 23.4. The highest BCUT2D eigenvalue weighted by molar-refractivity contribution is 5.80. The zero-order valence-electron chi connectivity index (χ0n) is 10.7. The summed E-state index contributed by atoms with van der Waals surface area (Å²) in [6, 6.07) is 5.61. The Morgan fingerprint density at radius 3 is 2.47 bits per heavy atom. The average Bonchev–Trinajstić information content (AvgIpc) is 2.38. The van der Waals surface area contributed by atoms with Crippen molar-refractivity contribution in [2.45, 2.75) is 13.3 Å². The Hall–Kier alpha value is -2.11. The Morgan fingerprint density at radius 1 is 1.32 bits per heavy atom. The number of carbonyl (C=O) groups excluding carboxylic acids is 1. The number of nitrogens with zero attached hydrogens (tertiary/aromatic N) is 1. The maximum Gasteiger partial charge on any atom is 0.323 e. The van der Waals surface area contributed by atoms with Gasteiger partial charge in [0.15, 0.2) is 0 Å². The molecule has 0 bridgehead atoms. The van der Waals surface area contributed by atoms with Crippen LogP contribution in [0.4, 0.5) is 9.18 Å². The van der Waals surface area contributed by atoms with Gasteiger partial charge in [-0.2, -0.15) is 0 Å². The fourth-order valence-electron chi connectivity index (χ4n) is 1.57. The number of aliphatic carboxylic acids is 1. The molecule has 0 aromatic heterocycles. The van der Waals surface area contributed by atoms with Crippen molar-refractivity contribution < 1.29 is 19.1 Å². The van der Waals surface area contributed by atoms with E-state index in [-0.39, 0.29) is 12.4 Å². The van der Waals surface area contributed by atoms with Gasteiger partial charge in [0.25, 0.3) is 0 Å². The summed E-state index contributed by atoms with van der Waals surface area (Å²) in [5.41, 5.74) is 0.906. The average molecular weight is 268 g/mol. The third-order valence-corrected chi connectivity index (χ3v) is 2.60. The summed E-state index contributed by atoms with van der Waals surface area (Å²) < 4.78 is 12.7. The third-order valence-electron chi connectivity index (χ3n) is 2.60. The smallest absolute Gasteiger partial charge is 0.323 e. The second-order valence-electron chi connectivity index (χ2n) is 4.02. The molecule has 6 heteroatoms. The Balaban J connectivity index is 2.37. The molecule has 0 aliphatic heterocycles. The van der Waals surface area contributed by atoms with E-state index in [1.165, 1.54) is 17.0 Å². The van der Waals surface area contributed by atoms with Gasteiger partial charge in [0.2, 0.25) is 0 Å². The number of likely N-dealkylation sites (N-methyl/N-ethyl adjacent to an activating group) is 1. The first-order valence-corrected chi connectivity index (χ1v) is 6.02. The number of nitrogens with one attached hydrogen (secondary N) is 1. The minimum absolute atomic E-state index is 0.300. The topological polar surface area (TPSA) is 69.6 Å². The quantitative estimate of drug-likeness (QED) is 0.821. The van der Waals surface area contributed by atoms with Crippen molar-refractivity contribution in [3.63, 3.8) is 0 Å². The number of halogens is 1. The molecule has 2 N–H and O–H groups in total. The van der Waals surface area contributed by atoms with Gasteiger partial charge >= 0.3 is 12.0 Å². The Bertz CT molecular complexity index is 434. The van der Waals surface area contributed by atoms with E-state index in [1.54, 1.807) is 19.1 Å². The van der Waals surface area contributed by atoms with Crippen molar-refractivity contribution in [3.8, 4) is 0 Å². The minimum atomic E-state index is -1.05. The van der Waals surface area contributed by atoms with Gasteiger partial charge in [0.1, 0.15) is 12.4 Å². The summed E-state index contributed by atoms with van der Waals surface area (Å²) in [6.45, 7) is 2.09. The molecule has 0 atom stereocenters. The number of benzene rings is 1. The number of carboxylic acids is 1. The SMILES string of the molecule is CCN(CC(=O)O)C(=O)NCCc1ccc(F)cc1. The van der Waals surface area contributed by atoms with Crippen molar-refractivity contribution in [3.05, 3.63) is 35.6 Å². The molecular weight excluding hydrogens is 251 g/mol. The predicted molar refractivity (Wildman–Crippen MR) is 68.4 cm³/mol. The third kappa shape index (κ3) is 5.37. The lowest BCUT2D eigenvalue weighted by Crippen LogP contribution is -2.43. The van der Waals surface area contributed by atoms with Crippen LogP contribution in [0.15, 0.2) is 24.3 Å². The number of hydrogen-bond acceptors (Lipinski definition) is 2. The van der Waals surface area contributed by atoms with Gasteiger partial charge in [-0.3, -0.25) is 4.79 Å². The molecule has 1 rings (SSSR count). The van der Waals surface area contributed by atoms with E-state index in [2.05, 4.69) is 5.32 Å². The summed E-state index contributed by atoms with van der Waals surface area (Å²) >= 11 is 0. The molecule has 0 spiro atoms. The lowest BCUT2D eigenvalue weighted by atomic mass is 10.1. The number of amides is 2. The van der Waals surface area contributed by atoms with Crippen molar-refractivity contribution >= 4 is 12.0 Å². The van der Waals surface area contributed by atoms with Crippen LogP contribution in [0.1, 0.15) is 12.5 Å².